The van der Waals surface area contributed by atoms with Gasteiger partial charge in [-0.1, -0.05) is 12.1 Å². The molecule has 10 nitrogen and oxygen atoms in total. The maximum absolute atomic E-state index is 14.1. The van der Waals surface area contributed by atoms with Gasteiger partial charge in [-0.2, -0.15) is 23.3 Å². The lowest BCUT2D eigenvalue weighted by Gasteiger charge is -2.33. The van der Waals surface area contributed by atoms with Gasteiger partial charge in [-0.25, -0.2) is 4.98 Å². The molecule has 0 spiro atoms. The van der Waals surface area contributed by atoms with Gasteiger partial charge >= 0.3 is 6.18 Å². The number of phenolic OH excluding ortho intramolecular Hbond substituents is 1. The number of benzene rings is 3. The van der Waals surface area contributed by atoms with Crippen LogP contribution in [-0.4, -0.2) is 73.8 Å². The summed E-state index contributed by atoms with van der Waals surface area (Å²) in [5, 5.41) is 17.1. The molecule has 3 aromatic carbocycles. The second-order valence-electron chi connectivity index (χ2n) is 11.4. The van der Waals surface area contributed by atoms with E-state index in [-0.39, 0.29) is 35.0 Å². The van der Waals surface area contributed by atoms with Gasteiger partial charge < -0.3 is 20.1 Å². The van der Waals surface area contributed by atoms with Crippen molar-refractivity contribution in [1.29, 1.82) is 0 Å². The number of amides is 1. The summed E-state index contributed by atoms with van der Waals surface area (Å²) < 4.78 is 50.1. The molecule has 2 aromatic heterocycles. The monoisotopic (exact) mass is 631 g/mol. The van der Waals surface area contributed by atoms with Gasteiger partial charge in [0.1, 0.15) is 16.9 Å². The quantitative estimate of drug-likeness (QED) is 0.230. The van der Waals surface area contributed by atoms with Crippen LogP contribution in [0.15, 0.2) is 66.9 Å². The number of piperazine rings is 1. The lowest BCUT2D eigenvalue weighted by Crippen LogP contribution is -2.44. The van der Waals surface area contributed by atoms with Gasteiger partial charge in [0, 0.05) is 56.6 Å². The summed E-state index contributed by atoms with van der Waals surface area (Å²) in [5.74, 6) is 0.376. The molecule has 0 atom stereocenters. The molecule has 1 fully saturated rings. The Balaban J connectivity index is 1.25. The second-order valence-corrected chi connectivity index (χ2v) is 11.4. The van der Waals surface area contributed by atoms with Crippen molar-refractivity contribution in [1.82, 2.24) is 29.5 Å². The third kappa shape index (κ3) is 6.65. The van der Waals surface area contributed by atoms with Crippen LogP contribution >= 0.6 is 0 Å². The summed E-state index contributed by atoms with van der Waals surface area (Å²) in [4.78, 5) is 26.6. The predicted octanol–water partition coefficient (Wildman–Crippen LogP) is 5.86. The van der Waals surface area contributed by atoms with Crippen molar-refractivity contribution in [2.75, 3.05) is 38.5 Å². The Bertz CT molecular complexity index is 1900. The first-order valence-corrected chi connectivity index (χ1v) is 14.6. The summed E-state index contributed by atoms with van der Waals surface area (Å²) in [5.41, 5.74) is 1.47. The Hall–Kier alpha value is -5.01. The van der Waals surface area contributed by atoms with Gasteiger partial charge in [0.25, 0.3) is 5.91 Å². The number of nitrogens with one attached hydrogen (secondary N) is 1. The number of carbonyl (C=O) groups is 1. The Labute approximate surface area is 263 Å². The van der Waals surface area contributed by atoms with Crippen LogP contribution in [-0.2, 0) is 19.8 Å². The summed E-state index contributed by atoms with van der Waals surface area (Å²) in [6, 6.07) is 15.1. The first-order chi connectivity index (χ1) is 21.9. The molecule has 6 rings (SSSR count). The van der Waals surface area contributed by atoms with Crippen molar-refractivity contribution in [2.45, 2.75) is 19.6 Å². The summed E-state index contributed by atoms with van der Waals surface area (Å²) >= 11 is 0. The molecule has 1 saturated heterocycles. The molecule has 0 aliphatic carbocycles. The van der Waals surface area contributed by atoms with E-state index >= 15 is 0 Å². The number of halogens is 3. The number of carbonyl (C=O) groups excluding carboxylic acids is 1. The number of alkyl halides is 3. The molecular weight excluding hydrogens is 599 g/mol. The number of nitrogens with zero attached hydrogens (tertiary/aromatic N) is 6. The van der Waals surface area contributed by atoms with E-state index in [1.807, 2.05) is 11.9 Å². The van der Waals surface area contributed by atoms with Gasteiger partial charge in [0.05, 0.1) is 11.8 Å². The molecule has 0 unspecified atom stereocenters. The maximum Gasteiger partial charge on any atom is 0.416 e. The Morgan fingerprint density at radius 3 is 2.43 bits per heavy atom. The van der Waals surface area contributed by atoms with E-state index < -0.39 is 17.6 Å². The van der Waals surface area contributed by atoms with Crippen molar-refractivity contribution < 1.29 is 27.8 Å². The summed E-state index contributed by atoms with van der Waals surface area (Å²) in [6.07, 6.45) is -3.01. The molecule has 13 heteroatoms. The molecule has 0 saturated carbocycles. The first kappa shape index (κ1) is 31.0. The SMILES string of the molecule is Cc1ccc(C(=O)Nc2ccc(CN3CCN(C)CC3)c(C(F)(F)F)c2)cc1Oc1nc(-c2ccc(O)cc2)nc2c1cnn2C. The Kier molecular flexibility index (Phi) is 8.36. The number of aromatic hydroxyl groups is 1. The molecule has 0 bridgehead atoms. The number of ether oxygens (including phenoxy) is 1. The number of rotatable bonds is 7. The zero-order chi connectivity index (χ0) is 32.6. The van der Waals surface area contributed by atoms with Gasteiger partial charge in [0.15, 0.2) is 11.5 Å². The molecule has 0 radical (unpaired) electrons. The molecule has 1 aliphatic rings. The number of aromatic nitrogens is 4. The molecule has 46 heavy (non-hydrogen) atoms. The number of likely N-dealkylation sites (N-methyl/N-ethyl adjacent to an activating group) is 1. The third-order valence-electron chi connectivity index (χ3n) is 8.00. The van der Waals surface area contributed by atoms with Crippen LogP contribution in [0.3, 0.4) is 0 Å². The van der Waals surface area contributed by atoms with Crippen molar-refractivity contribution in [3.63, 3.8) is 0 Å². The van der Waals surface area contributed by atoms with E-state index in [2.05, 4.69) is 25.3 Å². The van der Waals surface area contributed by atoms with Gasteiger partial charge in [-0.15, -0.1) is 0 Å². The van der Waals surface area contributed by atoms with Crippen LogP contribution in [0.5, 0.6) is 17.4 Å². The predicted molar refractivity (Wildman–Crippen MR) is 167 cm³/mol. The molecule has 3 heterocycles. The van der Waals surface area contributed by atoms with Crippen LogP contribution < -0.4 is 10.1 Å². The van der Waals surface area contributed by atoms with Gasteiger partial charge in [0.2, 0.25) is 5.88 Å². The van der Waals surface area contributed by atoms with Crippen LogP contribution in [0.1, 0.15) is 27.0 Å². The van der Waals surface area contributed by atoms with Crippen LogP contribution in [0, 0.1) is 6.92 Å². The minimum atomic E-state index is -4.58. The average Bonchev–Trinajstić information content (AvgIpc) is 3.40. The van der Waals surface area contributed by atoms with Crippen molar-refractivity contribution in [3.8, 4) is 28.8 Å². The zero-order valence-corrected chi connectivity index (χ0v) is 25.5. The van der Waals surface area contributed by atoms with E-state index in [1.165, 1.54) is 30.3 Å². The number of hydrogen-bond donors (Lipinski definition) is 2. The minimum absolute atomic E-state index is 0.0360. The molecule has 5 aromatic rings. The Morgan fingerprint density at radius 2 is 1.72 bits per heavy atom. The number of fused-ring (bicyclic) bond motifs is 1. The van der Waals surface area contributed by atoms with E-state index in [1.54, 1.807) is 49.1 Å². The fourth-order valence-corrected chi connectivity index (χ4v) is 5.28. The van der Waals surface area contributed by atoms with Crippen LogP contribution in [0.2, 0.25) is 0 Å². The normalized spacial score (nSPS) is 14.5. The fourth-order valence-electron chi connectivity index (χ4n) is 5.28. The van der Waals surface area contributed by atoms with Gasteiger partial charge in [-0.3, -0.25) is 14.4 Å². The zero-order valence-electron chi connectivity index (χ0n) is 25.5. The third-order valence-corrected chi connectivity index (χ3v) is 8.00. The number of hydrogen-bond acceptors (Lipinski definition) is 8. The fraction of sp³-hybridized carbons (Fsp3) is 0.273. The number of aryl methyl sites for hydroxylation is 2. The van der Waals surface area contributed by atoms with E-state index in [9.17, 15) is 23.1 Å². The largest absolute Gasteiger partial charge is 0.508 e. The van der Waals surface area contributed by atoms with E-state index in [4.69, 9.17) is 4.74 Å². The highest BCUT2D eigenvalue weighted by atomic mass is 19.4. The number of phenols is 1. The highest BCUT2D eigenvalue weighted by Gasteiger charge is 2.34. The Morgan fingerprint density at radius 1 is 0.978 bits per heavy atom. The lowest BCUT2D eigenvalue weighted by molar-refractivity contribution is -0.138. The molecule has 2 N–H and O–H groups in total. The molecule has 1 amide bonds. The average molecular weight is 632 g/mol. The molecule has 1 aliphatic heterocycles. The number of anilines is 1. The van der Waals surface area contributed by atoms with E-state index in [0.29, 0.717) is 46.8 Å². The first-order valence-electron chi connectivity index (χ1n) is 14.6. The van der Waals surface area contributed by atoms with Gasteiger partial charge in [-0.05, 0) is 73.6 Å². The topological polar surface area (TPSA) is 109 Å². The highest BCUT2D eigenvalue weighted by Crippen LogP contribution is 2.36. The summed E-state index contributed by atoms with van der Waals surface area (Å²) in [6.45, 7) is 4.93. The standard InChI is InChI=1S/C33H32F3N7O3/c1-20-4-5-22(31(45)38-24-9-6-23(27(17-24)33(34,35)36)19-43-14-12-41(2)13-15-43)16-28(20)46-32-26-18-37-42(3)30(26)39-29(40-32)21-7-10-25(44)11-8-21/h4-11,16-18,44H,12-15,19H2,1-3H3,(H,38,45). The lowest BCUT2D eigenvalue weighted by atomic mass is 10.0. The second kappa shape index (κ2) is 12.4. The molecular formula is C33H32F3N7O3. The van der Waals surface area contributed by atoms with Crippen molar-refractivity contribution in [3.05, 3.63) is 89.1 Å². The minimum Gasteiger partial charge on any atom is -0.508 e. The smallest absolute Gasteiger partial charge is 0.416 e. The van der Waals surface area contributed by atoms with E-state index in [0.717, 1.165) is 19.2 Å². The maximum atomic E-state index is 14.1. The van der Waals surface area contributed by atoms with Crippen LogP contribution in [0.25, 0.3) is 22.4 Å². The molecule has 238 valence electrons. The highest BCUT2D eigenvalue weighted by molar-refractivity contribution is 6.04. The summed E-state index contributed by atoms with van der Waals surface area (Å²) in [7, 11) is 3.73. The van der Waals surface area contributed by atoms with Crippen molar-refractivity contribution >= 4 is 22.6 Å². The van der Waals surface area contributed by atoms with Crippen molar-refractivity contribution in [2.24, 2.45) is 7.05 Å². The van der Waals surface area contributed by atoms with Crippen LogP contribution in [0.4, 0.5) is 18.9 Å².